The van der Waals surface area contributed by atoms with Crippen molar-refractivity contribution in [2.45, 2.75) is 6.61 Å². The zero-order chi connectivity index (χ0) is 24.7. The van der Waals surface area contributed by atoms with Gasteiger partial charge in [-0.05, 0) is 76.2 Å². The smallest absolute Gasteiger partial charge is 0.335 e. The topological polar surface area (TPSA) is 106 Å². The largest absolute Gasteiger partial charge is 0.496 e. The molecule has 0 fully saturated rings. The lowest BCUT2D eigenvalue weighted by Crippen LogP contribution is -2.17. The Morgan fingerprint density at radius 3 is 2.35 bits per heavy atom. The molecule has 0 aliphatic heterocycles. The minimum Gasteiger partial charge on any atom is -0.496 e. The van der Waals surface area contributed by atoms with Gasteiger partial charge in [-0.1, -0.05) is 23.7 Å². The Balaban J connectivity index is 1.68. The number of halogens is 2. The highest BCUT2D eigenvalue weighted by atomic mass is 127. The minimum absolute atomic E-state index is 0.166. The van der Waals surface area contributed by atoms with E-state index in [4.69, 9.17) is 30.9 Å². The number of nitrogens with one attached hydrogen (secondary N) is 1. The number of carbonyl (C=O) groups excluding carboxylic acids is 1. The zero-order valence-corrected chi connectivity index (χ0v) is 21.1. The second-order valence-corrected chi connectivity index (χ2v) is 8.44. The van der Waals surface area contributed by atoms with Crippen LogP contribution in [0.5, 0.6) is 17.2 Å². The van der Waals surface area contributed by atoms with Gasteiger partial charge in [-0.3, -0.25) is 4.79 Å². The van der Waals surface area contributed by atoms with E-state index >= 15 is 0 Å². The van der Waals surface area contributed by atoms with E-state index in [0.717, 1.165) is 9.13 Å². The van der Waals surface area contributed by atoms with E-state index in [1.54, 1.807) is 42.5 Å². The maximum Gasteiger partial charge on any atom is 0.335 e. The molecule has 0 spiro atoms. The summed E-state index contributed by atoms with van der Waals surface area (Å²) >= 11 is 8.50. The molecule has 3 aromatic carbocycles. The van der Waals surface area contributed by atoms with Crippen molar-refractivity contribution in [2.75, 3.05) is 14.2 Å². The maximum atomic E-state index is 12.4. The van der Waals surface area contributed by atoms with E-state index < -0.39 is 11.9 Å². The van der Waals surface area contributed by atoms with Gasteiger partial charge in [0.15, 0.2) is 11.5 Å². The second kappa shape index (κ2) is 11.7. The van der Waals surface area contributed by atoms with Crippen molar-refractivity contribution in [1.29, 1.82) is 0 Å². The number of carboxylic acid groups (broad SMARTS) is 1. The SMILES string of the molecule is COc1cc(C(=O)N/N=C\c2cc(Cl)c(OCc3ccc(C(=O)O)cc3)c(OC)c2)ccc1I. The molecule has 0 heterocycles. The zero-order valence-electron chi connectivity index (χ0n) is 18.2. The van der Waals surface area contributed by atoms with Crippen LogP contribution in [-0.2, 0) is 6.61 Å². The number of hydrogen-bond acceptors (Lipinski definition) is 6. The molecule has 0 aliphatic carbocycles. The number of methoxy groups -OCH3 is 2. The molecule has 0 bridgehead atoms. The van der Waals surface area contributed by atoms with Gasteiger partial charge in [0, 0.05) is 5.56 Å². The highest BCUT2D eigenvalue weighted by molar-refractivity contribution is 14.1. The number of nitrogens with zero attached hydrogens (tertiary/aromatic N) is 1. The lowest BCUT2D eigenvalue weighted by Gasteiger charge is -2.13. The van der Waals surface area contributed by atoms with Crippen LogP contribution in [0.1, 0.15) is 31.8 Å². The predicted octanol–water partition coefficient (Wildman–Crippen LogP) is 5.00. The van der Waals surface area contributed by atoms with Gasteiger partial charge < -0.3 is 19.3 Å². The van der Waals surface area contributed by atoms with Crippen molar-refractivity contribution >= 4 is 52.3 Å². The van der Waals surface area contributed by atoms with Gasteiger partial charge in [-0.15, -0.1) is 0 Å². The highest BCUT2D eigenvalue weighted by Gasteiger charge is 2.13. The molecule has 0 aromatic heterocycles. The number of ether oxygens (including phenoxy) is 3. The summed E-state index contributed by atoms with van der Waals surface area (Å²) in [7, 11) is 3.02. The van der Waals surface area contributed by atoms with Crippen LogP contribution in [0, 0.1) is 3.57 Å². The number of hydrogen-bond donors (Lipinski definition) is 2. The molecule has 3 rings (SSSR count). The Morgan fingerprint density at radius 2 is 1.71 bits per heavy atom. The lowest BCUT2D eigenvalue weighted by molar-refractivity contribution is 0.0696. The Hall–Kier alpha value is -3.31. The number of benzene rings is 3. The lowest BCUT2D eigenvalue weighted by atomic mass is 10.1. The molecule has 0 aliphatic rings. The second-order valence-electron chi connectivity index (χ2n) is 6.87. The molecule has 0 saturated carbocycles. The van der Waals surface area contributed by atoms with Gasteiger partial charge in [0.1, 0.15) is 12.4 Å². The van der Waals surface area contributed by atoms with E-state index in [9.17, 15) is 9.59 Å². The van der Waals surface area contributed by atoms with Crippen molar-refractivity contribution in [3.8, 4) is 17.2 Å². The summed E-state index contributed by atoms with van der Waals surface area (Å²) in [6.45, 7) is 0.166. The van der Waals surface area contributed by atoms with Crippen LogP contribution in [0.25, 0.3) is 0 Å². The van der Waals surface area contributed by atoms with Crippen molar-refractivity contribution < 1.29 is 28.9 Å². The van der Waals surface area contributed by atoms with Gasteiger partial charge in [-0.2, -0.15) is 5.10 Å². The molecule has 2 N–H and O–H groups in total. The summed E-state index contributed by atoms with van der Waals surface area (Å²) in [4.78, 5) is 23.3. The Morgan fingerprint density at radius 1 is 1.03 bits per heavy atom. The van der Waals surface area contributed by atoms with Crippen LogP contribution in [0.4, 0.5) is 0 Å². The van der Waals surface area contributed by atoms with Gasteiger partial charge in [-0.25, -0.2) is 10.2 Å². The van der Waals surface area contributed by atoms with Gasteiger partial charge in [0.05, 0.1) is 34.6 Å². The Labute approximate surface area is 214 Å². The monoisotopic (exact) mass is 594 g/mol. The molecule has 1 amide bonds. The summed E-state index contributed by atoms with van der Waals surface area (Å²) < 4.78 is 17.3. The normalized spacial score (nSPS) is 10.7. The quantitative estimate of drug-likeness (QED) is 0.205. The number of carboxylic acids is 1. The van der Waals surface area contributed by atoms with Gasteiger partial charge in [0.25, 0.3) is 5.91 Å². The van der Waals surface area contributed by atoms with Crippen molar-refractivity contribution in [2.24, 2.45) is 5.10 Å². The third-order valence-electron chi connectivity index (χ3n) is 4.63. The number of rotatable bonds is 9. The molecule has 0 radical (unpaired) electrons. The van der Waals surface area contributed by atoms with Crippen LogP contribution in [0.15, 0.2) is 59.7 Å². The van der Waals surface area contributed by atoms with Crippen molar-refractivity contribution in [3.05, 3.63) is 85.4 Å². The van der Waals surface area contributed by atoms with E-state index in [1.165, 1.54) is 32.6 Å². The standard InChI is InChI=1S/C24H20ClIN2O6/c1-32-20-11-17(7-8-19(20)26)23(29)28-27-12-15-9-18(25)22(21(10-15)33-2)34-13-14-3-5-16(6-4-14)24(30)31/h3-12H,13H2,1-2H3,(H,28,29)(H,30,31)/b27-12-. The minimum atomic E-state index is -0.996. The summed E-state index contributed by atoms with van der Waals surface area (Å²) in [5, 5.41) is 13.3. The molecular formula is C24H20ClIN2O6. The van der Waals surface area contributed by atoms with Crippen LogP contribution in [0.2, 0.25) is 5.02 Å². The Bertz CT molecular complexity index is 1230. The highest BCUT2D eigenvalue weighted by Crippen LogP contribution is 2.36. The average molecular weight is 595 g/mol. The molecule has 0 saturated heterocycles. The first-order chi connectivity index (χ1) is 16.3. The van der Waals surface area contributed by atoms with Crippen molar-refractivity contribution in [1.82, 2.24) is 5.43 Å². The number of carbonyl (C=O) groups is 2. The van der Waals surface area contributed by atoms with Crippen LogP contribution in [-0.4, -0.2) is 37.4 Å². The number of aromatic carboxylic acids is 1. The van der Waals surface area contributed by atoms with Gasteiger partial charge >= 0.3 is 5.97 Å². The fourth-order valence-corrected chi connectivity index (χ4v) is 3.71. The summed E-state index contributed by atoms with van der Waals surface area (Å²) in [5.41, 5.74) is 4.41. The van der Waals surface area contributed by atoms with E-state index in [0.29, 0.717) is 28.4 Å². The molecule has 0 unspecified atom stereocenters. The van der Waals surface area contributed by atoms with E-state index in [2.05, 4.69) is 33.1 Å². The van der Waals surface area contributed by atoms with Crippen LogP contribution >= 0.6 is 34.2 Å². The molecule has 3 aromatic rings. The number of hydrazone groups is 1. The molecule has 176 valence electrons. The summed E-state index contributed by atoms with van der Waals surface area (Å²) in [6, 6.07) is 14.7. The molecular weight excluding hydrogens is 575 g/mol. The molecule has 34 heavy (non-hydrogen) atoms. The predicted molar refractivity (Wildman–Crippen MR) is 137 cm³/mol. The fraction of sp³-hybridized carbons (Fsp3) is 0.125. The van der Waals surface area contributed by atoms with Gasteiger partial charge in [0.2, 0.25) is 0 Å². The summed E-state index contributed by atoms with van der Waals surface area (Å²) in [6.07, 6.45) is 1.44. The van der Waals surface area contributed by atoms with Crippen molar-refractivity contribution in [3.63, 3.8) is 0 Å². The molecule has 8 nitrogen and oxygen atoms in total. The van der Waals surface area contributed by atoms with E-state index in [-0.39, 0.29) is 17.2 Å². The number of amides is 1. The third kappa shape index (κ3) is 6.39. The fourth-order valence-electron chi connectivity index (χ4n) is 2.88. The maximum absolute atomic E-state index is 12.4. The first kappa shape index (κ1) is 25.3. The summed E-state index contributed by atoms with van der Waals surface area (Å²) in [5.74, 6) is -0.0765. The first-order valence-electron chi connectivity index (χ1n) is 9.82. The Kier molecular flexibility index (Phi) is 8.72. The van der Waals surface area contributed by atoms with Crippen LogP contribution in [0.3, 0.4) is 0 Å². The molecule has 10 heteroatoms. The molecule has 0 atom stereocenters. The first-order valence-corrected chi connectivity index (χ1v) is 11.3. The average Bonchev–Trinajstić information content (AvgIpc) is 2.83. The van der Waals surface area contributed by atoms with Crippen LogP contribution < -0.4 is 19.6 Å². The third-order valence-corrected chi connectivity index (χ3v) is 5.80. The van der Waals surface area contributed by atoms with E-state index in [1.807, 2.05) is 0 Å².